The van der Waals surface area contributed by atoms with Gasteiger partial charge in [0.25, 0.3) is 0 Å². The van der Waals surface area contributed by atoms with Gasteiger partial charge in [-0.15, -0.1) is 0 Å². The Morgan fingerprint density at radius 1 is 1.42 bits per heavy atom. The van der Waals surface area contributed by atoms with Gasteiger partial charge in [0.15, 0.2) is 0 Å². The topological polar surface area (TPSA) is 41.6 Å². The third kappa shape index (κ3) is 5.59. The normalized spacial score (nSPS) is 10.5. The predicted octanol–water partition coefficient (Wildman–Crippen LogP) is 1.92. The molecule has 0 saturated heterocycles. The molecule has 0 atom stereocenters. The highest BCUT2D eigenvalue weighted by molar-refractivity contribution is 6.31. The molecular weight excluding hydrogens is 264 g/mol. The van der Waals surface area contributed by atoms with Crippen molar-refractivity contribution in [1.29, 1.82) is 0 Å². The van der Waals surface area contributed by atoms with Crippen LogP contribution in [0.5, 0.6) is 0 Å². The summed E-state index contributed by atoms with van der Waals surface area (Å²) in [5.41, 5.74) is 0.969. The van der Waals surface area contributed by atoms with Gasteiger partial charge in [-0.05, 0) is 18.6 Å². The molecule has 0 aliphatic heterocycles. The highest BCUT2D eigenvalue weighted by Crippen LogP contribution is 2.16. The summed E-state index contributed by atoms with van der Waals surface area (Å²) in [6.45, 7) is 4.76. The van der Waals surface area contributed by atoms with Crippen LogP contribution in [0.4, 0.5) is 0 Å². The number of rotatable bonds is 8. The lowest BCUT2D eigenvalue weighted by atomic mass is 10.2. The van der Waals surface area contributed by atoms with E-state index in [1.807, 2.05) is 31.2 Å². The van der Waals surface area contributed by atoms with Gasteiger partial charge in [0.1, 0.15) is 0 Å². The maximum absolute atomic E-state index is 12.0. The van der Waals surface area contributed by atoms with Crippen molar-refractivity contribution in [3.05, 3.63) is 34.9 Å². The van der Waals surface area contributed by atoms with E-state index in [2.05, 4.69) is 5.32 Å². The number of carbonyl (C=O) groups excluding carboxylic acids is 1. The van der Waals surface area contributed by atoms with E-state index >= 15 is 0 Å². The number of likely N-dealkylation sites (N-methyl/N-ethyl adjacent to an activating group) is 1. The average Bonchev–Trinajstić information content (AvgIpc) is 2.42. The molecule has 1 rings (SSSR count). The Morgan fingerprint density at radius 3 is 2.79 bits per heavy atom. The Kier molecular flexibility index (Phi) is 7.48. The second-order valence-corrected chi connectivity index (χ2v) is 4.58. The largest absolute Gasteiger partial charge is 0.383 e. The molecular formula is C14H21ClN2O2. The van der Waals surface area contributed by atoms with Crippen LogP contribution in [0, 0.1) is 0 Å². The Labute approximate surface area is 119 Å². The monoisotopic (exact) mass is 284 g/mol. The minimum absolute atomic E-state index is 0.0681. The van der Waals surface area contributed by atoms with Gasteiger partial charge >= 0.3 is 0 Å². The fraction of sp³-hybridized carbons (Fsp3) is 0.500. The van der Waals surface area contributed by atoms with E-state index in [1.54, 1.807) is 12.0 Å². The van der Waals surface area contributed by atoms with Crippen molar-refractivity contribution >= 4 is 17.5 Å². The summed E-state index contributed by atoms with van der Waals surface area (Å²) >= 11 is 6.11. The predicted molar refractivity (Wildman–Crippen MR) is 77.3 cm³/mol. The summed E-state index contributed by atoms with van der Waals surface area (Å²) in [5.74, 6) is 0.0681. The second kappa shape index (κ2) is 8.91. The fourth-order valence-corrected chi connectivity index (χ4v) is 1.89. The molecule has 5 heteroatoms. The van der Waals surface area contributed by atoms with Crippen LogP contribution in [0.2, 0.25) is 5.02 Å². The molecule has 1 aromatic carbocycles. The van der Waals surface area contributed by atoms with Crippen molar-refractivity contribution in [2.45, 2.75) is 13.5 Å². The SMILES string of the molecule is CCN(Cc1ccccc1Cl)C(=O)CNCCOC. The molecule has 1 N–H and O–H groups in total. The van der Waals surface area contributed by atoms with Crippen LogP contribution < -0.4 is 5.32 Å². The number of nitrogens with zero attached hydrogens (tertiary/aromatic N) is 1. The van der Waals surface area contributed by atoms with E-state index < -0.39 is 0 Å². The lowest BCUT2D eigenvalue weighted by molar-refractivity contribution is -0.130. The first-order valence-electron chi connectivity index (χ1n) is 6.39. The minimum Gasteiger partial charge on any atom is -0.383 e. The molecule has 0 radical (unpaired) electrons. The molecule has 0 aromatic heterocycles. The molecule has 4 nitrogen and oxygen atoms in total. The quantitative estimate of drug-likeness (QED) is 0.742. The molecule has 0 aliphatic carbocycles. The van der Waals surface area contributed by atoms with E-state index in [9.17, 15) is 4.79 Å². The van der Waals surface area contributed by atoms with Gasteiger partial charge in [-0.2, -0.15) is 0 Å². The van der Waals surface area contributed by atoms with Gasteiger partial charge < -0.3 is 15.0 Å². The van der Waals surface area contributed by atoms with Crippen molar-refractivity contribution in [3.8, 4) is 0 Å². The maximum atomic E-state index is 12.0. The van der Waals surface area contributed by atoms with Gasteiger partial charge in [0.2, 0.25) is 5.91 Å². The van der Waals surface area contributed by atoms with Gasteiger partial charge in [-0.1, -0.05) is 29.8 Å². The van der Waals surface area contributed by atoms with Crippen molar-refractivity contribution in [1.82, 2.24) is 10.2 Å². The lowest BCUT2D eigenvalue weighted by Gasteiger charge is -2.21. The van der Waals surface area contributed by atoms with Crippen LogP contribution in [0.3, 0.4) is 0 Å². The summed E-state index contributed by atoms with van der Waals surface area (Å²) in [7, 11) is 1.64. The average molecular weight is 285 g/mol. The van der Waals surface area contributed by atoms with Crippen molar-refractivity contribution in [2.75, 3.05) is 33.4 Å². The number of methoxy groups -OCH3 is 1. The number of ether oxygens (including phenoxy) is 1. The zero-order valence-corrected chi connectivity index (χ0v) is 12.2. The van der Waals surface area contributed by atoms with Crippen LogP contribution >= 0.6 is 11.6 Å². The first-order valence-corrected chi connectivity index (χ1v) is 6.77. The van der Waals surface area contributed by atoms with E-state index in [-0.39, 0.29) is 5.91 Å². The van der Waals surface area contributed by atoms with E-state index in [0.29, 0.717) is 37.8 Å². The molecule has 0 bridgehead atoms. The molecule has 1 aromatic rings. The number of amides is 1. The van der Waals surface area contributed by atoms with E-state index in [4.69, 9.17) is 16.3 Å². The fourth-order valence-electron chi connectivity index (χ4n) is 1.69. The summed E-state index contributed by atoms with van der Waals surface area (Å²) in [5, 5.41) is 3.75. The number of benzene rings is 1. The molecule has 1 amide bonds. The van der Waals surface area contributed by atoms with Crippen molar-refractivity contribution < 1.29 is 9.53 Å². The van der Waals surface area contributed by atoms with Crippen LogP contribution in [0.1, 0.15) is 12.5 Å². The van der Waals surface area contributed by atoms with Crippen LogP contribution in [-0.4, -0.2) is 44.2 Å². The van der Waals surface area contributed by atoms with Crippen molar-refractivity contribution in [3.63, 3.8) is 0 Å². The van der Waals surface area contributed by atoms with Gasteiger partial charge in [-0.3, -0.25) is 4.79 Å². The minimum atomic E-state index is 0.0681. The van der Waals surface area contributed by atoms with Gasteiger partial charge in [0.05, 0.1) is 13.2 Å². The summed E-state index contributed by atoms with van der Waals surface area (Å²) in [4.78, 5) is 13.8. The molecule has 19 heavy (non-hydrogen) atoms. The number of hydrogen-bond donors (Lipinski definition) is 1. The molecule has 0 unspecified atom stereocenters. The Hall–Kier alpha value is -1.10. The third-order valence-electron chi connectivity index (χ3n) is 2.81. The first kappa shape index (κ1) is 16.0. The molecule has 0 spiro atoms. The van der Waals surface area contributed by atoms with Gasteiger partial charge in [0, 0.05) is 31.8 Å². The Bertz CT molecular complexity index is 399. The smallest absolute Gasteiger partial charge is 0.236 e. The number of halogens is 1. The number of nitrogens with one attached hydrogen (secondary N) is 1. The maximum Gasteiger partial charge on any atom is 0.236 e. The van der Waals surface area contributed by atoms with Crippen LogP contribution in [-0.2, 0) is 16.1 Å². The van der Waals surface area contributed by atoms with E-state index in [0.717, 1.165) is 5.56 Å². The first-order chi connectivity index (χ1) is 9.19. The summed E-state index contributed by atoms with van der Waals surface area (Å²) in [6, 6.07) is 7.59. The van der Waals surface area contributed by atoms with Crippen molar-refractivity contribution in [2.24, 2.45) is 0 Å². The second-order valence-electron chi connectivity index (χ2n) is 4.17. The van der Waals surface area contributed by atoms with Gasteiger partial charge in [-0.25, -0.2) is 0 Å². The Balaban J connectivity index is 2.48. The van der Waals surface area contributed by atoms with Crippen LogP contribution in [0.25, 0.3) is 0 Å². The number of hydrogen-bond acceptors (Lipinski definition) is 3. The number of carbonyl (C=O) groups is 1. The Morgan fingerprint density at radius 2 is 2.16 bits per heavy atom. The van der Waals surface area contributed by atoms with E-state index in [1.165, 1.54) is 0 Å². The molecule has 0 aliphatic rings. The lowest BCUT2D eigenvalue weighted by Crippen LogP contribution is -2.38. The third-order valence-corrected chi connectivity index (χ3v) is 3.18. The molecule has 0 saturated carbocycles. The molecule has 0 heterocycles. The zero-order valence-electron chi connectivity index (χ0n) is 11.5. The summed E-state index contributed by atoms with van der Waals surface area (Å²) < 4.78 is 4.92. The highest BCUT2D eigenvalue weighted by atomic mass is 35.5. The van der Waals surface area contributed by atoms with Crippen LogP contribution in [0.15, 0.2) is 24.3 Å². The highest BCUT2D eigenvalue weighted by Gasteiger charge is 2.12. The summed E-state index contributed by atoms with van der Waals surface area (Å²) in [6.07, 6.45) is 0. The molecule has 106 valence electrons. The zero-order chi connectivity index (χ0) is 14.1. The molecule has 0 fully saturated rings. The standard InChI is InChI=1S/C14H21ClN2O2/c1-3-17(14(18)10-16-8-9-19-2)11-12-6-4-5-7-13(12)15/h4-7,16H,3,8-11H2,1-2H3.